The van der Waals surface area contributed by atoms with Crippen LogP contribution in [0.3, 0.4) is 0 Å². The lowest BCUT2D eigenvalue weighted by molar-refractivity contribution is -0.114. The minimum atomic E-state index is -0.0742. The smallest absolute Gasteiger partial charge is 0.273 e. The minimum Gasteiger partial charge on any atom is -0.481 e. The molecule has 4 rings (SSSR count). The van der Waals surface area contributed by atoms with Gasteiger partial charge in [0.1, 0.15) is 0 Å². The number of nitrogens with one attached hydrogen (secondary N) is 2. The van der Waals surface area contributed by atoms with Crippen molar-refractivity contribution in [2.45, 2.75) is 107 Å². The van der Waals surface area contributed by atoms with E-state index in [1.165, 1.54) is 33.4 Å². The number of carbonyl (C=O) groups excluding carboxylic acids is 1. The van der Waals surface area contributed by atoms with Gasteiger partial charge in [-0.3, -0.25) is 4.79 Å². The summed E-state index contributed by atoms with van der Waals surface area (Å²) in [4.78, 5) is 29.4. The van der Waals surface area contributed by atoms with Crippen molar-refractivity contribution < 1.29 is 9.53 Å². The Morgan fingerprint density at radius 2 is 1.33 bits per heavy atom. The molecule has 2 aromatic rings. The number of H-pyrrole nitrogens is 2. The summed E-state index contributed by atoms with van der Waals surface area (Å²) in [5.41, 5.74) is 13.5. The van der Waals surface area contributed by atoms with Crippen molar-refractivity contribution in [3.63, 3.8) is 0 Å². The van der Waals surface area contributed by atoms with Gasteiger partial charge in [-0.2, -0.15) is 0 Å². The number of methoxy groups -OCH3 is 1. The zero-order valence-electron chi connectivity index (χ0n) is 27.1. The number of aromatic amines is 2. The van der Waals surface area contributed by atoms with Crippen molar-refractivity contribution in [1.29, 1.82) is 0 Å². The number of allylic oxidation sites excluding steroid dienone is 2. The van der Waals surface area contributed by atoms with Crippen molar-refractivity contribution in [3.8, 4) is 0 Å². The summed E-state index contributed by atoms with van der Waals surface area (Å²) in [5, 5.41) is 2.11. The normalized spacial score (nSPS) is 17.5. The molecule has 0 unspecified atom stereocenters. The van der Waals surface area contributed by atoms with E-state index in [0.717, 1.165) is 102 Å². The Kier molecular flexibility index (Phi) is 10.1. The molecule has 0 aliphatic carbocycles. The van der Waals surface area contributed by atoms with Crippen LogP contribution in [0.5, 0.6) is 0 Å². The second-order valence-corrected chi connectivity index (χ2v) is 11.2. The fourth-order valence-electron chi connectivity index (χ4n) is 6.49. The van der Waals surface area contributed by atoms with E-state index in [0.29, 0.717) is 0 Å². The van der Waals surface area contributed by atoms with Crippen molar-refractivity contribution >= 4 is 35.7 Å². The highest BCUT2D eigenvalue weighted by Crippen LogP contribution is 2.33. The molecule has 0 saturated heterocycles. The van der Waals surface area contributed by atoms with Crippen LogP contribution in [0.2, 0.25) is 0 Å². The Balaban J connectivity index is 1.83. The fraction of sp³-hybridized carbons (Fsp3) is 0.472. The van der Waals surface area contributed by atoms with Crippen LogP contribution in [0.25, 0.3) is 18.2 Å². The van der Waals surface area contributed by atoms with E-state index in [4.69, 9.17) is 9.73 Å². The molecule has 42 heavy (non-hydrogen) atoms. The molecule has 0 spiro atoms. The third-order valence-electron chi connectivity index (χ3n) is 8.67. The van der Waals surface area contributed by atoms with Gasteiger partial charge in [0.2, 0.25) is 5.90 Å². The van der Waals surface area contributed by atoms with Crippen molar-refractivity contribution in [2.75, 3.05) is 7.11 Å². The second kappa shape index (κ2) is 13.5. The lowest BCUT2D eigenvalue weighted by Gasteiger charge is -2.06. The Morgan fingerprint density at radius 3 is 1.93 bits per heavy atom. The quantitative estimate of drug-likeness (QED) is 0.303. The van der Waals surface area contributed by atoms with Crippen LogP contribution in [0.1, 0.15) is 114 Å². The summed E-state index contributed by atoms with van der Waals surface area (Å²) in [6, 6.07) is 0. The zero-order chi connectivity index (χ0) is 30.6. The monoisotopic (exact) mass is 568 g/mol. The molecule has 2 aromatic heterocycles. The fourth-order valence-corrected chi connectivity index (χ4v) is 6.49. The summed E-state index contributed by atoms with van der Waals surface area (Å²) in [5.74, 6) is 0.677. The maximum atomic E-state index is 12.6. The number of nitrogens with zero attached hydrogens (tertiary/aromatic N) is 2. The van der Waals surface area contributed by atoms with Crippen LogP contribution in [0.15, 0.2) is 38.0 Å². The van der Waals surface area contributed by atoms with Gasteiger partial charge in [-0.1, -0.05) is 54.4 Å². The van der Waals surface area contributed by atoms with E-state index in [-0.39, 0.29) is 5.91 Å². The average molecular weight is 569 g/mol. The van der Waals surface area contributed by atoms with E-state index >= 15 is 0 Å². The molecule has 2 aliphatic heterocycles. The van der Waals surface area contributed by atoms with E-state index in [1.54, 1.807) is 7.11 Å². The summed E-state index contributed by atoms with van der Waals surface area (Å²) < 4.78 is 5.66. The number of aliphatic imine (C=N–C) groups is 2. The van der Waals surface area contributed by atoms with E-state index in [1.807, 2.05) is 0 Å². The van der Waals surface area contributed by atoms with Gasteiger partial charge in [0, 0.05) is 33.2 Å². The number of hydrogen-bond donors (Lipinski definition) is 2. The first-order valence-corrected chi connectivity index (χ1v) is 15.8. The van der Waals surface area contributed by atoms with Crippen LogP contribution < -0.4 is 10.7 Å². The Morgan fingerprint density at radius 1 is 0.667 bits per heavy atom. The molecule has 0 bridgehead atoms. The van der Waals surface area contributed by atoms with Gasteiger partial charge < -0.3 is 14.7 Å². The molecule has 2 aliphatic rings. The summed E-state index contributed by atoms with van der Waals surface area (Å²) in [6.07, 6.45) is 13.8. The molecule has 0 atom stereocenters. The number of ether oxygens (including phenoxy) is 1. The number of carbonyl (C=O) groups is 1. The highest BCUT2D eigenvalue weighted by atomic mass is 16.5. The highest BCUT2D eigenvalue weighted by Gasteiger charge is 2.25. The molecule has 4 heterocycles. The summed E-state index contributed by atoms with van der Waals surface area (Å²) >= 11 is 0. The van der Waals surface area contributed by atoms with Crippen molar-refractivity contribution in [2.24, 2.45) is 9.98 Å². The van der Waals surface area contributed by atoms with Gasteiger partial charge in [0.15, 0.2) is 0 Å². The predicted molar refractivity (Wildman–Crippen MR) is 176 cm³/mol. The van der Waals surface area contributed by atoms with Gasteiger partial charge in [-0.15, -0.1) is 0 Å². The van der Waals surface area contributed by atoms with Gasteiger partial charge in [0.25, 0.3) is 5.91 Å². The summed E-state index contributed by atoms with van der Waals surface area (Å²) in [7, 11) is 1.71. The van der Waals surface area contributed by atoms with Crippen molar-refractivity contribution in [3.05, 3.63) is 72.3 Å². The first-order valence-electron chi connectivity index (χ1n) is 15.8. The number of aromatic nitrogens is 2. The lowest BCUT2D eigenvalue weighted by Crippen LogP contribution is -2.14. The van der Waals surface area contributed by atoms with Crippen LogP contribution in [-0.4, -0.2) is 34.6 Å². The molecule has 0 aromatic carbocycles. The van der Waals surface area contributed by atoms with Crippen LogP contribution in [0.4, 0.5) is 0 Å². The SMILES string of the molecule is CCCC1=C(CC)C(/C=c2/[nH]/c(=C\c3[nH]c(/C=C4\N=C(OC)C(CCC)=C4CC)c(C)c3CC)c(CC)c2C)=NC1=O. The molecule has 2 N–H and O–H groups in total. The van der Waals surface area contributed by atoms with Gasteiger partial charge >= 0.3 is 0 Å². The molecule has 1 amide bonds. The second-order valence-electron chi connectivity index (χ2n) is 11.2. The maximum absolute atomic E-state index is 12.6. The highest BCUT2D eigenvalue weighted by molar-refractivity contribution is 6.31. The first kappa shape index (κ1) is 31.3. The summed E-state index contributed by atoms with van der Waals surface area (Å²) in [6.45, 7) is 17.4. The largest absolute Gasteiger partial charge is 0.481 e. The lowest BCUT2D eigenvalue weighted by atomic mass is 9.99. The molecule has 224 valence electrons. The molecular weight excluding hydrogens is 520 g/mol. The van der Waals surface area contributed by atoms with Crippen LogP contribution in [-0.2, 0) is 22.4 Å². The molecule has 0 radical (unpaired) electrons. The molecule has 6 nitrogen and oxygen atoms in total. The third kappa shape index (κ3) is 5.81. The Hall–Kier alpha value is -3.67. The topological polar surface area (TPSA) is 82.6 Å². The molecule has 6 heteroatoms. The first-order chi connectivity index (χ1) is 20.3. The van der Waals surface area contributed by atoms with E-state index in [2.05, 4.69) is 88.6 Å². The average Bonchev–Trinajstić information content (AvgIpc) is 3.66. The predicted octanol–water partition coefficient (Wildman–Crippen LogP) is 7.09. The zero-order valence-corrected chi connectivity index (χ0v) is 27.1. The molecule has 0 fully saturated rings. The maximum Gasteiger partial charge on any atom is 0.273 e. The Labute approximate surface area is 251 Å². The molecular formula is C36H48N4O2. The van der Waals surface area contributed by atoms with Crippen molar-refractivity contribution in [1.82, 2.24) is 9.97 Å². The van der Waals surface area contributed by atoms with E-state index in [9.17, 15) is 4.79 Å². The van der Waals surface area contributed by atoms with Crippen LogP contribution in [0, 0.1) is 13.8 Å². The number of amides is 1. The Bertz CT molecular complexity index is 1650. The van der Waals surface area contributed by atoms with Gasteiger partial charge in [-0.25, -0.2) is 9.98 Å². The number of rotatable bonds is 11. The standard InChI is InChI=1S/C36H48N4O2/c1-10-16-27-25(14-5)33(39-35(27)41)18-29-21(7)23(12-3)31(37-29)20-32-24(13-4)22(8)30(38-32)19-34-26(15-6)28(17-11-2)36(40-34)42-9/h18-20,37-38H,10-17H2,1-9H3/b29-18+,31-20-,34-19-. The van der Waals surface area contributed by atoms with Gasteiger partial charge in [-0.05, 0) is 104 Å². The van der Waals surface area contributed by atoms with E-state index < -0.39 is 0 Å². The molecule has 0 saturated carbocycles. The minimum absolute atomic E-state index is 0.0742. The number of hydrogen-bond acceptors (Lipinski definition) is 3. The third-order valence-corrected chi connectivity index (χ3v) is 8.67. The van der Waals surface area contributed by atoms with Crippen LogP contribution >= 0.6 is 0 Å². The van der Waals surface area contributed by atoms with Gasteiger partial charge in [0.05, 0.1) is 18.5 Å².